The molecule has 0 radical (unpaired) electrons. The van der Waals surface area contributed by atoms with Crippen molar-refractivity contribution < 1.29 is 14.9 Å². The van der Waals surface area contributed by atoms with Crippen LogP contribution in [0.3, 0.4) is 0 Å². The van der Waals surface area contributed by atoms with Crippen LogP contribution in [-0.4, -0.2) is 53.2 Å². The second kappa shape index (κ2) is 8.33. The zero-order chi connectivity index (χ0) is 19.5. The molecule has 2 aromatic rings. The molecule has 1 atom stereocenters. The fourth-order valence-electron chi connectivity index (χ4n) is 2.08. The highest BCUT2D eigenvalue weighted by Crippen LogP contribution is 2.28. The summed E-state index contributed by atoms with van der Waals surface area (Å²) in [5.41, 5.74) is 1.24. The minimum absolute atomic E-state index is 0.0256. The van der Waals surface area contributed by atoms with Gasteiger partial charge in [0.1, 0.15) is 11.5 Å². The lowest BCUT2D eigenvalue weighted by Gasteiger charge is -2.18. The van der Waals surface area contributed by atoms with Crippen LogP contribution in [0.4, 0.5) is 5.82 Å². The number of aromatic nitrogens is 4. The first-order valence-electron chi connectivity index (χ1n) is 7.87. The maximum atomic E-state index is 10.0. The van der Waals surface area contributed by atoms with Gasteiger partial charge in [0.25, 0.3) is 0 Å². The summed E-state index contributed by atoms with van der Waals surface area (Å²) in [4.78, 5) is 0. The van der Waals surface area contributed by atoms with Crippen LogP contribution in [0, 0.1) is 0 Å². The first-order chi connectivity index (χ1) is 12.0. The third kappa shape index (κ3) is 6.00. The van der Waals surface area contributed by atoms with Crippen LogP contribution < -0.4 is 5.32 Å². The van der Waals surface area contributed by atoms with Crippen molar-refractivity contribution in [1.29, 1.82) is 0 Å². The van der Waals surface area contributed by atoms with E-state index in [0.717, 1.165) is 5.69 Å². The van der Waals surface area contributed by atoms with E-state index in [-0.39, 0.29) is 18.6 Å². The maximum absolute atomic E-state index is 10.0. The zero-order valence-corrected chi connectivity index (χ0v) is 16.9. The quantitative estimate of drug-likeness (QED) is 0.465. The van der Waals surface area contributed by atoms with E-state index in [1.54, 1.807) is 27.8 Å². The molecule has 3 N–H and O–H groups in total. The molecule has 0 spiro atoms. The van der Waals surface area contributed by atoms with E-state index in [9.17, 15) is 5.11 Å². The van der Waals surface area contributed by atoms with Gasteiger partial charge >= 0.3 is 0 Å². The highest BCUT2D eigenvalue weighted by molar-refractivity contribution is 6.67. The summed E-state index contributed by atoms with van der Waals surface area (Å²) < 4.78 is 6.64. The fourth-order valence-corrected chi connectivity index (χ4v) is 2.26. The number of rotatable bonds is 7. The van der Waals surface area contributed by atoms with Gasteiger partial charge in [-0.1, -0.05) is 55.6 Å². The van der Waals surface area contributed by atoms with Gasteiger partial charge in [-0.05, 0) is 0 Å². The molecular formula is C15H22Cl3N5O3. The van der Waals surface area contributed by atoms with Gasteiger partial charge in [-0.15, -0.1) is 0 Å². The van der Waals surface area contributed by atoms with Crippen molar-refractivity contribution in [3.63, 3.8) is 0 Å². The first-order valence-corrected chi connectivity index (χ1v) is 9.00. The lowest BCUT2D eigenvalue weighted by atomic mass is 9.92. The molecule has 0 saturated heterocycles. The molecule has 0 bridgehead atoms. The van der Waals surface area contributed by atoms with Gasteiger partial charge in [-0.2, -0.15) is 10.2 Å². The molecule has 8 nitrogen and oxygen atoms in total. The Morgan fingerprint density at radius 3 is 2.58 bits per heavy atom. The molecular weight excluding hydrogens is 405 g/mol. The van der Waals surface area contributed by atoms with Crippen molar-refractivity contribution in [2.24, 2.45) is 0 Å². The summed E-state index contributed by atoms with van der Waals surface area (Å²) in [5.74, 6) is 0.482. The highest BCUT2D eigenvalue weighted by atomic mass is 35.6. The summed E-state index contributed by atoms with van der Waals surface area (Å²) in [5, 5.41) is 30.6. The SMILES string of the molecule is CC(C)(C)c1cc(NC(O)OCC(Cl)(Cl)Cl)n(-c2cnn(CCO)c2)n1. The number of hydrogen-bond donors (Lipinski definition) is 3. The van der Waals surface area contributed by atoms with Crippen molar-refractivity contribution in [2.45, 2.75) is 42.9 Å². The number of aliphatic hydroxyl groups is 2. The standard InChI is InChI=1S/C15H22Cl3N5O3/c1-14(2,3)11-6-12(20-13(25)26-9-15(16,17)18)23(21-11)10-7-19-22(8-10)4-5-24/h6-8,13,20,24-25H,4-5,9H2,1-3H3. The predicted octanol–water partition coefficient (Wildman–Crippen LogP) is 2.43. The van der Waals surface area contributed by atoms with Gasteiger partial charge in [0.2, 0.25) is 10.2 Å². The molecule has 2 heterocycles. The van der Waals surface area contributed by atoms with Gasteiger partial charge in [-0.3, -0.25) is 4.68 Å². The van der Waals surface area contributed by atoms with Crippen molar-refractivity contribution >= 4 is 40.6 Å². The Kier molecular flexibility index (Phi) is 6.81. The number of nitrogens with one attached hydrogen (secondary N) is 1. The molecule has 2 aromatic heterocycles. The Morgan fingerprint density at radius 2 is 2.00 bits per heavy atom. The fraction of sp³-hybridized carbons (Fsp3) is 0.600. The smallest absolute Gasteiger partial charge is 0.236 e. The Hall–Kier alpha value is -1.03. The molecule has 0 aliphatic carbocycles. The van der Waals surface area contributed by atoms with Crippen molar-refractivity contribution in [2.75, 3.05) is 18.5 Å². The minimum Gasteiger partial charge on any atom is -0.394 e. The average Bonchev–Trinajstić information content (AvgIpc) is 3.11. The molecule has 0 aromatic carbocycles. The Balaban J connectivity index is 2.26. The first kappa shape index (κ1) is 21.3. The molecule has 2 rings (SSSR count). The number of nitrogens with zero attached hydrogens (tertiary/aromatic N) is 4. The Labute approximate surface area is 166 Å². The molecule has 11 heteroatoms. The predicted molar refractivity (Wildman–Crippen MR) is 101 cm³/mol. The van der Waals surface area contributed by atoms with Gasteiger partial charge in [0, 0.05) is 11.5 Å². The van der Waals surface area contributed by atoms with Gasteiger partial charge < -0.3 is 20.3 Å². The number of hydrogen-bond acceptors (Lipinski definition) is 6. The second-order valence-electron chi connectivity index (χ2n) is 6.68. The van der Waals surface area contributed by atoms with E-state index >= 15 is 0 Å². The normalized spacial score (nSPS) is 13.8. The molecule has 0 fully saturated rings. The van der Waals surface area contributed by atoms with E-state index in [2.05, 4.69) is 15.5 Å². The maximum Gasteiger partial charge on any atom is 0.236 e. The molecule has 0 saturated carbocycles. The second-order valence-corrected chi connectivity index (χ2v) is 9.20. The van der Waals surface area contributed by atoms with Crippen LogP contribution in [0.1, 0.15) is 26.5 Å². The van der Waals surface area contributed by atoms with Gasteiger partial charge in [-0.25, -0.2) is 4.68 Å². The van der Waals surface area contributed by atoms with Crippen LogP contribution >= 0.6 is 34.8 Å². The monoisotopic (exact) mass is 425 g/mol. The lowest BCUT2D eigenvalue weighted by Crippen LogP contribution is -2.28. The Bertz CT molecular complexity index is 721. The van der Waals surface area contributed by atoms with Crippen LogP contribution in [-0.2, 0) is 16.7 Å². The third-order valence-corrected chi connectivity index (χ3v) is 3.67. The number of aliphatic hydroxyl groups excluding tert-OH is 2. The van der Waals surface area contributed by atoms with Crippen LogP contribution in [0.2, 0.25) is 0 Å². The molecule has 146 valence electrons. The van der Waals surface area contributed by atoms with E-state index < -0.39 is 10.2 Å². The van der Waals surface area contributed by atoms with E-state index in [1.807, 2.05) is 20.8 Å². The van der Waals surface area contributed by atoms with E-state index in [4.69, 9.17) is 44.6 Å². The molecule has 0 aliphatic rings. The topological polar surface area (TPSA) is 97.4 Å². The molecule has 1 unspecified atom stereocenters. The van der Waals surface area contributed by atoms with E-state index in [1.165, 1.54) is 0 Å². The van der Waals surface area contributed by atoms with Crippen LogP contribution in [0.25, 0.3) is 5.69 Å². The van der Waals surface area contributed by atoms with Gasteiger partial charge in [0.15, 0.2) is 0 Å². The third-order valence-electron chi connectivity index (χ3n) is 3.35. The number of alkyl halides is 3. The highest BCUT2D eigenvalue weighted by Gasteiger charge is 2.24. The minimum atomic E-state index is -1.63. The van der Waals surface area contributed by atoms with Crippen LogP contribution in [0.15, 0.2) is 18.5 Å². The molecule has 0 aliphatic heterocycles. The number of halogens is 3. The summed E-state index contributed by atoms with van der Waals surface area (Å²) in [7, 11) is 0. The molecule has 26 heavy (non-hydrogen) atoms. The summed E-state index contributed by atoms with van der Waals surface area (Å²) in [6, 6.07) is 1.80. The van der Waals surface area contributed by atoms with Crippen LogP contribution in [0.5, 0.6) is 0 Å². The summed E-state index contributed by atoms with van der Waals surface area (Å²) >= 11 is 16.9. The van der Waals surface area contributed by atoms with Crippen molar-refractivity contribution in [3.8, 4) is 5.69 Å². The largest absolute Gasteiger partial charge is 0.394 e. The Morgan fingerprint density at radius 1 is 1.31 bits per heavy atom. The van der Waals surface area contributed by atoms with Crippen molar-refractivity contribution in [3.05, 3.63) is 24.2 Å². The van der Waals surface area contributed by atoms with Crippen molar-refractivity contribution in [1.82, 2.24) is 19.6 Å². The summed E-state index contributed by atoms with van der Waals surface area (Å²) in [6.45, 7) is 6.12. The average molecular weight is 427 g/mol. The molecule has 0 amide bonds. The lowest BCUT2D eigenvalue weighted by molar-refractivity contribution is -0.0766. The summed E-state index contributed by atoms with van der Waals surface area (Å²) in [6.07, 6.45) is 1.94. The zero-order valence-electron chi connectivity index (χ0n) is 14.7. The number of anilines is 1. The van der Waals surface area contributed by atoms with E-state index in [0.29, 0.717) is 18.1 Å². The number of ether oxygens (including phenoxy) is 1. The van der Waals surface area contributed by atoms with Gasteiger partial charge in [0.05, 0.1) is 37.8 Å².